The van der Waals surface area contributed by atoms with Gasteiger partial charge in [-0.1, -0.05) is 19.8 Å². The van der Waals surface area contributed by atoms with Crippen LogP contribution in [-0.4, -0.2) is 13.2 Å². The second kappa shape index (κ2) is 6.10. The van der Waals surface area contributed by atoms with Crippen molar-refractivity contribution < 1.29 is 9.47 Å². The van der Waals surface area contributed by atoms with E-state index < -0.39 is 0 Å². The summed E-state index contributed by atoms with van der Waals surface area (Å²) in [5.41, 5.74) is 7.65. The van der Waals surface area contributed by atoms with Gasteiger partial charge in [-0.2, -0.15) is 0 Å². The first kappa shape index (κ1) is 13.2. The Morgan fingerprint density at radius 2 is 2.00 bits per heavy atom. The van der Waals surface area contributed by atoms with Crippen molar-refractivity contribution in [1.82, 2.24) is 0 Å². The Kier molecular flexibility index (Phi) is 4.48. The predicted molar refractivity (Wildman–Crippen MR) is 73.6 cm³/mol. The lowest BCUT2D eigenvalue weighted by molar-refractivity contribution is -0.0155. The third-order valence-electron chi connectivity index (χ3n) is 3.72. The van der Waals surface area contributed by atoms with E-state index in [0.717, 1.165) is 17.0 Å². The van der Waals surface area contributed by atoms with Crippen molar-refractivity contribution in [2.45, 2.75) is 45.3 Å². The van der Waals surface area contributed by atoms with Gasteiger partial charge in [0, 0.05) is 11.8 Å². The molecule has 0 heterocycles. The largest absolute Gasteiger partial charge is 0.497 e. The molecular weight excluding hydrogens is 226 g/mol. The zero-order valence-electron chi connectivity index (χ0n) is 11.3. The van der Waals surface area contributed by atoms with Gasteiger partial charge in [0.2, 0.25) is 0 Å². The molecule has 2 N–H and O–H groups in total. The molecular formula is C15H23NO2. The van der Waals surface area contributed by atoms with Crippen LogP contribution in [0.5, 0.6) is 5.75 Å². The number of nitrogen functional groups attached to an aromatic ring is 1. The molecule has 1 aromatic rings. The van der Waals surface area contributed by atoms with E-state index in [1.165, 1.54) is 25.7 Å². The number of benzene rings is 1. The fourth-order valence-corrected chi connectivity index (χ4v) is 2.62. The molecule has 100 valence electrons. The third kappa shape index (κ3) is 3.39. The van der Waals surface area contributed by atoms with Gasteiger partial charge < -0.3 is 15.2 Å². The summed E-state index contributed by atoms with van der Waals surface area (Å²) in [5, 5.41) is 0. The standard InChI is InChI=1S/C15H23NO2/c1-11-5-3-4-6-15(11)18-10-12-7-13(16)9-14(8-12)17-2/h7-9,11,15H,3-6,10,16H2,1-2H3. The van der Waals surface area contributed by atoms with E-state index in [9.17, 15) is 0 Å². The quantitative estimate of drug-likeness (QED) is 0.832. The van der Waals surface area contributed by atoms with Gasteiger partial charge in [-0.3, -0.25) is 0 Å². The molecule has 0 aromatic heterocycles. The highest BCUT2D eigenvalue weighted by molar-refractivity contribution is 5.47. The molecule has 1 aromatic carbocycles. The van der Waals surface area contributed by atoms with Crippen molar-refractivity contribution in [3.8, 4) is 5.75 Å². The van der Waals surface area contributed by atoms with Crippen LogP contribution in [-0.2, 0) is 11.3 Å². The summed E-state index contributed by atoms with van der Waals surface area (Å²) in [6, 6.07) is 5.77. The molecule has 1 saturated carbocycles. The van der Waals surface area contributed by atoms with Crippen LogP contribution >= 0.6 is 0 Å². The summed E-state index contributed by atoms with van der Waals surface area (Å²) in [7, 11) is 1.66. The maximum absolute atomic E-state index is 6.02. The Morgan fingerprint density at radius 3 is 2.72 bits per heavy atom. The average Bonchev–Trinajstić information content (AvgIpc) is 2.37. The van der Waals surface area contributed by atoms with Crippen molar-refractivity contribution in [3.05, 3.63) is 23.8 Å². The zero-order valence-corrected chi connectivity index (χ0v) is 11.3. The van der Waals surface area contributed by atoms with Gasteiger partial charge in [-0.15, -0.1) is 0 Å². The first-order valence-corrected chi connectivity index (χ1v) is 6.74. The molecule has 1 aliphatic carbocycles. The highest BCUT2D eigenvalue weighted by atomic mass is 16.5. The smallest absolute Gasteiger partial charge is 0.121 e. The summed E-state index contributed by atoms with van der Waals surface area (Å²) in [6.07, 6.45) is 5.49. The van der Waals surface area contributed by atoms with Crippen LogP contribution in [0.25, 0.3) is 0 Å². The van der Waals surface area contributed by atoms with Crippen LogP contribution in [0.3, 0.4) is 0 Å². The molecule has 0 aliphatic heterocycles. The van der Waals surface area contributed by atoms with Crippen molar-refractivity contribution in [1.29, 1.82) is 0 Å². The van der Waals surface area contributed by atoms with Crippen LogP contribution in [0.4, 0.5) is 5.69 Å². The predicted octanol–water partition coefficient (Wildman–Crippen LogP) is 3.37. The van der Waals surface area contributed by atoms with Crippen molar-refractivity contribution >= 4 is 5.69 Å². The number of anilines is 1. The summed E-state index contributed by atoms with van der Waals surface area (Å²) >= 11 is 0. The zero-order chi connectivity index (χ0) is 13.0. The second-order valence-electron chi connectivity index (χ2n) is 5.23. The highest BCUT2D eigenvalue weighted by Gasteiger charge is 2.21. The van der Waals surface area contributed by atoms with Crippen LogP contribution < -0.4 is 10.5 Å². The van der Waals surface area contributed by atoms with Gasteiger partial charge >= 0.3 is 0 Å². The van der Waals surface area contributed by atoms with Crippen LogP contribution in [0.1, 0.15) is 38.2 Å². The van der Waals surface area contributed by atoms with E-state index >= 15 is 0 Å². The van der Waals surface area contributed by atoms with Crippen molar-refractivity contribution in [2.75, 3.05) is 12.8 Å². The van der Waals surface area contributed by atoms with Gasteiger partial charge in [-0.05, 0) is 36.5 Å². The second-order valence-corrected chi connectivity index (χ2v) is 5.23. The molecule has 1 aliphatic rings. The first-order valence-electron chi connectivity index (χ1n) is 6.74. The topological polar surface area (TPSA) is 44.5 Å². The molecule has 18 heavy (non-hydrogen) atoms. The summed E-state index contributed by atoms with van der Waals surface area (Å²) in [4.78, 5) is 0. The molecule has 3 heteroatoms. The lowest BCUT2D eigenvalue weighted by atomic mass is 9.88. The number of hydrogen-bond donors (Lipinski definition) is 1. The van der Waals surface area contributed by atoms with E-state index in [-0.39, 0.29) is 0 Å². The number of nitrogens with two attached hydrogens (primary N) is 1. The number of methoxy groups -OCH3 is 1. The van der Waals surface area contributed by atoms with E-state index in [1.807, 2.05) is 18.2 Å². The SMILES string of the molecule is COc1cc(N)cc(COC2CCCCC2C)c1. The maximum atomic E-state index is 6.02. The summed E-state index contributed by atoms with van der Waals surface area (Å²) < 4.78 is 11.2. The van der Waals surface area contributed by atoms with E-state index in [2.05, 4.69) is 6.92 Å². The summed E-state index contributed by atoms with van der Waals surface area (Å²) in [5.74, 6) is 1.46. The van der Waals surface area contributed by atoms with Gasteiger partial charge in [-0.25, -0.2) is 0 Å². The Hall–Kier alpha value is -1.22. The Bertz CT molecular complexity index is 392. The number of rotatable bonds is 4. The Labute approximate surface area is 109 Å². The fourth-order valence-electron chi connectivity index (χ4n) is 2.62. The van der Waals surface area contributed by atoms with E-state index in [1.54, 1.807) is 7.11 Å². The first-order chi connectivity index (χ1) is 8.69. The molecule has 2 rings (SSSR count). The lowest BCUT2D eigenvalue weighted by Gasteiger charge is -2.28. The molecule has 2 unspecified atom stereocenters. The third-order valence-corrected chi connectivity index (χ3v) is 3.72. The van der Waals surface area contributed by atoms with Gasteiger partial charge in [0.25, 0.3) is 0 Å². The molecule has 0 radical (unpaired) electrons. The average molecular weight is 249 g/mol. The van der Waals surface area contributed by atoms with Crippen LogP contribution in [0.15, 0.2) is 18.2 Å². The minimum absolute atomic E-state index is 0.395. The normalized spacial score (nSPS) is 23.9. The lowest BCUT2D eigenvalue weighted by Crippen LogP contribution is -2.25. The fraction of sp³-hybridized carbons (Fsp3) is 0.600. The maximum Gasteiger partial charge on any atom is 0.121 e. The summed E-state index contributed by atoms with van der Waals surface area (Å²) in [6.45, 7) is 2.90. The minimum Gasteiger partial charge on any atom is -0.497 e. The van der Waals surface area contributed by atoms with E-state index in [4.69, 9.17) is 15.2 Å². The number of ether oxygens (including phenoxy) is 2. The highest BCUT2D eigenvalue weighted by Crippen LogP contribution is 2.27. The van der Waals surface area contributed by atoms with Gasteiger partial charge in [0.15, 0.2) is 0 Å². The van der Waals surface area contributed by atoms with Gasteiger partial charge in [0.05, 0.1) is 19.8 Å². The van der Waals surface area contributed by atoms with Crippen LogP contribution in [0.2, 0.25) is 0 Å². The Balaban J connectivity index is 1.94. The molecule has 2 atom stereocenters. The van der Waals surface area contributed by atoms with E-state index in [0.29, 0.717) is 18.6 Å². The molecule has 0 spiro atoms. The minimum atomic E-state index is 0.395. The molecule has 0 amide bonds. The molecule has 0 bridgehead atoms. The van der Waals surface area contributed by atoms with Gasteiger partial charge in [0.1, 0.15) is 5.75 Å². The van der Waals surface area contributed by atoms with Crippen LogP contribution in [0, 0.1) is 5.92 Å². The molecule has 3 nitrogen and oxygen atoms in total. The molecule has 1 fully saturated rings. The monoisotopic (exact) mass is 249 g/mol. The van der Waals surface area contributed by atoms with Crippen molar-refractivity contribution in [3.63, 3.8) is 0 Å². The molecule has 0 saturated heterocycles. The van der Waals surface area contributed by atoms with Crippen molar-refractivity contribution in [2.24, 2.45) is 5.92 Å². The Morgan fingerprint density at radius 1 is 1.22 bits per heavy atom. The number of hydrogen-bond acceptors (Lipinski definition) is 3.